The van der Waals surface area contributed by atoms with Crippen LogP contribution in [0.5, 0.6) is 0 Å². The van der Waals surface area contributed by atoms with Crippen LogP contribution in [0.25, 0.3) is 0 Å². The Morgan fingerprint density at radius 2 is 0.458 bits per heavy atom. The second-order valence-corrected chi connectivity index (χ2v) is 40.6. The molecule has 131 heavy (non-hydrogen) atoms. The molecule has 714 valence electrons. The first-order chi connectivity index (χ1) is 59.3. The molecule has 8 atom stereocenters. The topological polar surface area (TPSA) is 32.4 Å². The molecule has 0 saturated heterocycles. The summed E-state index contributed by atoms with van der Waals surface area (Å²) in [5.41, 5.74) is 30.5. The van der Waals surface area contributed by atoms with Crippen molar-refractivity contribution in [1.29, 1.82) is 0 Å². The Hall–Kier alpha value is -9.28. The quantitative estimate of drug-likeness (QED) is 0.125. The second-order valence-electron chi connectivity index (χ2n) is 40.6. The highest BCUT2D eigenvalue weighted by Gasteiger charge is 2.59. The van der Waals surface area contributed by atoms with E-state index in [9.17, 15) is 0 Å². The molecule has 0 radical (unpaired) electrons. The van der Waals surface area contributed by atoms with Crippen molar-refractivity contribution in [2.75, 3.05) is 24.5 Å². The minimum atomic E-state index is -0.0724. The van der Waals surface area contributed by atoms with Gasteiger partial charge in [-0.2, -0.15) is 0 Å². The van der Waals surface area contributed by atoms with Crippen LogP contribution >= 0.6 is 0 Å². The highest BCUT2D eigenvalue weighted by molar-refractivity contribution is 5.68. The maximum absolute atomic E-state index is 2.68. The van der Waals surface area contributed by atoms with E-state index in [0.29, 0.717) is 30.8 Å². The zero-order valence-electron chi connectivity index (χ0n) is 78.7. The first-order valence-electron chi connectivity index (χ1n) is 48.5. The molecule has 0 bridgehead atoms. The van der Waals surface area contributed by atoms with Gasteiger partial charge in [-0.1, -0.05) is 315 Å². The number of hydrogen-bond acceptors (Lipinski definition) is 10. The van der Waals surface area contributed by atoms with Crippen LogP contribution in [0.4, 0.5) is 28.4 Å². The van der Waals surface area contributed by atoms with Crippen LogP contribution in [0.15, 0.2) is 270 Å². The fourth-order valence-corrected chi connectivity index (χ4v) is 27.3. The molecular formula is C121H180N10. The molecule has 8 unspecified atom stereocenters. The van der Waals surface area contributed by atoms with Gasteiger partial charge < -0.3 is 49.0 Å². The second kappa shape index (κ2) is 42.5. The summed E-state index contributed by atoms with van der Waals surface area (Å²) >= 11 is 0. The molecule has 0 aromatic heterocycles. The Kier molecular flexibility index (Phi) is 34.2. The fraction of sp³-hybridized carbons (Fsp3) is 0.537. The van der Waals surface area contributed by atoms with Crippen molar-refractivity contribution >= 4 is 28.4 Å². The van der Waals surface area contributed by atoms with Gasteiger partial charge in [0, 0.05) is 132 Å². The predicted octanol–water partition coefficient (Wildman–Crippen LogP) is 34.3. The minimum absolute atomic E-state index is 0. The zero-order chi connectivity index (χ0) is 86.2. The molecule has 21 rings (SSSR count). The molecule has 6 aromatic rings. The van der Waals surface area contributed by atoms with Gasteiger partial charge in [-0.15, -0.1) is 0 Å². The number of para-hydroxylation sites is 5. The van der Waals surface area contributed by atoms with E-state index in [1.807, 2.05) is 0 Å². The van der Waals surface area contributed by atoms with Gasteiger partial charge in [0.15, 0.2) is 0 Å². The first-order valence-corrected chi connectivity index (χ1v) is 48.5. The molecule has 5 aliphatic carbocycles. The van der Waals surface area contributed by atoms with Crippen molar-refractivity contribution in [2.24, 2.45) is 51.2 Å². The summed E-state index contributed by atoms with van der Waals surface area (Å²) in [6, 6.07) is 54.7. The zero-order valence-corrected chi connectivity index (χ0v) is 78.7. The number of aryl methyl sites for hydroxylation is 5. The van der Waals surface area contributed by atoms with Gasteiger partial charge in [-0.25, -0.2) is 0 Å². The van der Waals surface area contributed by atoms with E-state index in [0.717, 1.165) is 29.6 Å². The summed E-state index contributed by atoms with van der Waals surface area (Å²) in [6.07, 6.45) is 58.7. The van der Waals surface area contributed by atoms with Crippen LogP contribution in [0.3, 0.4) is 0 Å². The number of fused-ring (bicyclic) bond motifs is 5. The lowest BCUT2D eigenvalue weighted by Gasteiger charge is -2.47. The van der Waals surface area contributed by atoms with Crippen LogP contribution in [0, 0.1) is 85.9 Å². The Bertz CT molecular complexity index is 5160. The highest BCUT2D eigenvalue weighted by atomic mass is 15.5. The summed E-state index contributed by atoms with van der Waals surface area (Å²) in [5.74, 6) is 4.13. The third kappa shape index (κ3) is 18.0. The van der Waals surface area contributed by atoms with Crippen LogP contribution in [-0.2, 0) is 5.41 Å². The van der Waals surface area contributed by atoms with E-state index >= 15 is 0 Å². The van der Waals surface area contributed by atoms with Crippen LogP contribution in [-0.4, -0.2) is 55.3 Å². The van der Waals surface area contributed by atoms with Gasteiger partial charge in [0.2, 0.25) is 0 Å². The minimum Gasteiger partial charge on any atom is -0.328 e. The molecule has 10 aliphatic heterocycles. The molecule has 10 heterocycles. The monoisotopic (exact) mass is 1770 g/mol. The molecule has 6 aromatic carbocycles. The lowest BCUT2D eigenvalue weighted by molar-refractivity contribution is 0.0921. The third-order valence-electron chi connectivity index (χ3n) is 33.3. The maximum atomic E-state index is 2.68. The van der Waals surface area contributed by atoms with Gasteiger partial charge in [-0.05, 0) is 268 Å². The van der Waals surface area contributed by atoms with Crippen molar-refractivity contribution in [1.82, 2.24) is 24.5 Å². The SMILES string of the molecule is C.C.C.C.C.C.C.C.CC1=C2N(C=CC2(C)C)C(C)N1c1ccccc1C.CC1=C2N(C=CC2(C)C2CCCC2)C(C)N1c1ccccc1C.CC1=C2N(C=CC2(C)c2ccccc2)C(C)N1c1ccccc1C.CC1=C2N(C=CC2(C2CCCCC2)C2CCCC2)C(C)N1c1ccccc1C.CC1=C2N(C=CC2(C2CCCCC2)C2CCCCC2)C(C)N1c1ccccc1C. The average Bonchev–Trinajstić information content (AvgIpc) is 1.55. The normalized spacial score (nSPS) is 26.5. The molecule has 0 N–H and O–H groups in total. The van der Waals surface area contributed by atoms with Crippen molar-refractivity contribution in [2.45, 2.75) is 375 Å². The number of anilines is 5. The molecular weight excluding hydrogens is 1590 g/mol. The van der Waals surface area contributed by atoms with Gasteiger partial charge in [0.25, 0.3) is 0 Å². The average molecular weight is 1770 g/mol. The Balaban J connectivity index is 0.000000183. The molecule has 0 spiro atoms. The van der Waals surface area contributed by atoms with E-state index in [1.165, 1.54) is 249 Å². The standard InChI is InChI=1S/C27H38N2.C26H36N2.C22H24N2.C21H28N2.C17H22N2.8CH4/c1-20-12-10-11-17-25(20)29-21(2)26-27(18-19-28(26)22(29)3,23-13-6-4-7-14-23)24-15-8-5-9-16-24;1-19-11-7-10-16-24(19)28-20(2)25-26(23-14-8-9-15-23,17-18-27(25)21(28)3)22-12-5-4-6-13-22;1-16-10-8-9-13-20(16)24-17(2)21-22(4,14-15-23(21)18(24)3)19-11-6-5-7-12-19;1-15-9-5-8-12-19(15)23-16(2)20-21(4,18-10-6-7-11-18)13-14-22(20)17(23)3;1-12-8-6-7-9-15(12)19-13(2)16-17(4,5)10-11-18(16)14(19)3;;;;;;;;/h10-12,17-19,22-24H,4-9,13-16H2,1-3H3;7,10-11,16-18,21-23H,4-6,8-9,12-15H2,1-3H3;5-15,18H,1-4H3;5,8-9,12-14,17-18H,6-7,10-11H2,1-4H3;6-11,14H,1-5H3;8*1H4. The Labute approximate surface area is 801 Å². The van der Waals surface area contributed by atoms with Gasteiger partial charge in [-0.3, -0.25) is 0 Å². The van der Waals surface area contributed by atoms with E-state index in [1.54, 1.807) is 17.1 Å². The molecule has 10 heteroatoms. The number of rotatable bonds is 11. The number of nitrogens with zero attached hydrogens (tertiary/aromatic N) is 10. The molecule has 15 aliphatic rings. The Morgan fingerprint density at radius 3 is 0.771 bits per heavy atom. The van der Waals surface area contributed by atoms with Crippen LogP contribution in [0.1, 0.15) is 337 Å². The third-order valence-corrected chi connectivity index (χ3v) is 33.3. The Morgan fingerprint density at radius 1 is 0.229 bits per heavy atom. The highest BCUT2D eigenvalue weighted by Crippen LogP contribution is 2.65. The molecule has 5 fully saturated rings. The molecule has 10 nitrogen and oxygen atoms in total. The van der Waals surface area contributed by atoms with Crippen molar-refractivity contribution in [3.8, 4) is 0 Å². The van der Waals surface area contributed by atoms with Gasteiger partial charge in [0.05, 0.1) is 11.1 Å². The number of allylic oxidation sites excluding steroid dienone is 10. The lowest BCUT2D eigenvalue weighted by atomic mass is 9.57. The van der Waals surface area contributed by atoms with Crippen LogP contribution < -0.4 is 24.5 Å². The molecule has 5 saturated carbocycles. The van der Waals surface area contributed by atoms with E-state index in [2.05, 4.69) is 394 Å². The lowest BCUT2D eigenvalue weighted by Crippen LogP contribution is -2.41. The number of hydrogen-bond donors (Lipinski definition) is 0. The summed E-state index contributed by atoms with van der Waals surface area (Å²) in [6.45, 7) is 43.8. The summed E-state index contributed by atoms with van der Waals surface area (Å²) in [7, 11) is 0. The predicted molar refractivity (Wildman–Crippen MR) is 572 cm³/mol. The van der Waals surface area contributed by atoms with E-state index < -0.39 is 0 Å². The maximum Gasteiger partial charge on any atom is 0.107 e. The summed E-state index contributed by atoms with van der Waals surface area (Å²) < 4.78 is 0. The fourth-order valence-electron chi connectivity index (χ4n) is 27.3. The summed E-state index contributed by atoms with van der Waals surface area (Å²) in [4.78, 5) is 25.3. The smallest absolute Gasteiger partial charge is 0.107 e. The largest absolute Gasteiger partial charge is 0.328 e. The van der Waals surface area contributed by atoms with E-state index in [4.69, 9.17) is 0 Å². The summed E-state index contributed by atoms with van der Waals surface area (Å²) in [5, 5.41) is 0. The first kappa shape index (κ1) is 105. The van der Waals surface area contributed by atoms with Gasteiger partial charge >= 0.3 is 0 Å². The van der Waals surface area contributed by atoms with E-state index in [-0.39, 0.29) is 86.5 Å². The molecule has 0 amide bonds. The number of benzene rings is 6. The van der Waals surface area contributed by atoms with Crippen LogP contribution in [0.2, 0.25) is 0 Å². The van der Waals surface area contributed by atoms with Crippen molar-refractivity contribution in [3.63, 3.8) is 0 Å². The van der Waals surface area contributed by atoms with Crippen molar-refractivity contribution in [3.05, 3.63) is 303 Å². The van der Waals surface area contributed by atoms with Gasteiger partial charge in [0.1, 0.15) is 30.8 Å². The van der Waals surface area contributed by atoms with Crippen molar-refractivity contribution < 1.29 is 0 Å².